The minimum atomic E-state index is -3.65. The Bertz CT molecular complexity index is 1200. The fourth-order valence-electron chi connectivity index (χ4n) is 5.39. The summed E-state index contributed by atoms with van der Waals surface area (Å²) in [6.45, 7) is 3.15. The van der Waals surface area contributed by atoms with Crippen LogP contribution in [-0.2, 0) is 32.6 Å². The number of carbonyl (C=O) groups excluding carboxylic acids is 2. The van der Waals surface area contributed by atoms with Gasteiger partial charge in [0.05, 0.1) is 4.90 Å². The van der Waals surface area contributed by atoms with Crippen molar-refractivity contribution in [3.05, 3.63) is 59.7 Å². The quantitative estimate of drug-likeness (QED) is 0.665. The van der Waals surface area contributed by atoms with E-state index in [2.05, 4.69) is 5.32 Å². The van der Waals surface area contributed by atoms with Crippen LogP contribution in [0.15, 0.2) is 53.4 Å². The van der Waals surface area contributed by atoms with E-state index in [1.54, 1.807) is 18.2 Å². The van der Waals surface area contributed by atoms with E-state index in [1.165, 1.54) is 4.31 Å². The van der Waals surface area contributed by atoms with Crippen molar-refractivity contribution in [3.8, 4) is 0 Å². The number of benzene rings is 2. The van der Waals surface area contributed by atoms with Gasteiger partial charge in [-0.25, -0.2) is 8.42 Å². The molecule has 0 radical (unpaired) electrons. The Hall–Kier alpha value is -2.71. The number of sulfonamides is 1. The van der Waals surface area contributed by atoms with Crippen molar-refractivity contribution in [1.82, 2.24) is 9.62 Å². The van der Waals surface area contributed by atoms with Gasteiger partial charge in [0.2, 0.25) is 21.8 Å². The van der Waals surface area contributed by atoms with Crippen LogP contribution in [0, 0.1) is 11.8 Å². The van der Waals surface area contributed by atoms with Crippen LogP contribution in [0.2, 0.25) is 0 Å². The lowest BCUT2D eigenvalue weighted by molar-refractivity contribution is -0.126. The molecule has 186 valence electrons. The second-order valence-corrected chi connectivity index (χ2v) is 12.0. The Labute approximate surface area is 207 Å². The molecule has 2 amide bonds. The molecular formula is C27H33N3O4S. The monoisotopic (exact) mass is 495 g/mol. The molecule has 2 aromatic rings. The molecule has 2 aliphatic heterocycles. The summed E-state index contributed by atoms with van der Waals surface area (Å²) in [5, 5.41) is 2.98. The second-order valence-electron chi connectivity index (χ2n) is 10.1. The number of nitrogens with zero attached hydrogens (tertiary/aromatic N) is 2. The number of piperidine rings is 1. The van der Waals surface area contributed by atoms with Crippen molar-refractivity contribution in [1.29, 1.82) is 0 Å². The molecule has 0 spiro atoms. The molecule has 1 N–H and O–H groups in total. The van der Waals surface area contributed by atoms with Gasteiger partial charge in [0.1, 0.15) is 0 Å². The van der Waals surface area contributed by atoms with E-state index in [-0.39, 0.29) is 34.6 Å². The summed E-state index contributed by atoms with van der Waals surface area (Å²) in [7, 11) is -3.65. The molecular weight excluding hydrogens is 462 g/mol. The molecule has 5 rings (SSSR count). The average molecular weight is 496 g/mol. The fraction of sp³-hybridized carbons (Fsp3) is 0.481. The van der Waals surface area contributed by atoms with Crippen LogP contribution in [0.5, 0.6) is 0 Å². The van der Waals surface area contributed by atoms with E-state index < -0.39 is 10.0 Å². The maximum atomic E-state index is 13.4. The first kappa shape index (κ1) is 24.0. The first-order valence-corrected chi connectivity index (χ1v) is 14.1. The number of carbonyl (C=O) groups is 2. The summed E-state index contributed by atoms with van der Waals surface area (Å²) in [6, 6.07) is 15.0. The van der Waals surface area contributed by atoms with Gasteiger partial charge in [-0.3, -0.25) is 9.59 Å². The molecule has 0 unspecified atom stereocenters. The predicted octanol–water partition coefficient (Wildman–Crippen LogP) is 3.48. The third kappa shape index (κ3) is 4.74. The Morgan fingerprint density at radius 3 is 2.34 bits per heavy atom. The van der Waals surface area contributed by atoms with E-state index in [1.807, 2.05) is 42.2 Å². The third-order valence-corrected chi connectivity index (χ3v) is 9.63. The normalized spacial score (nSPS) is 21.4. The highest BCUT2D eigenvalue weighted by Gasteiger charge is 2.38. The van der Waals surface area contributed by atoms with Crippen molar-refractivity contribution >= 4 is 27.5 Å². The third-order valence-electron chi connectivity index (χ3n) is 7.73. The van der Waals surface area contributed by atoms with Crippen molar-refractivity contribution < 1.29 is 18.0 Å². The highest BCUT2D eigenvalue weighted by Crippen LogP contribution is 2.38. The molecule has 2 aromatic carbocycles. The summed E-state index contributed by atoms with van der Waals surface area (Å²) >= 11 is 0. The van der Waals surface area contributed by atoms with E-state index in [4.69, 9.17) is 0 Å². The Morgan fingerprint density at radius 2 is 1.69 bits per heavy atom. The van der Waals surface area contributed by atoms with E-state index in [9.17, 15) is 18.0 Å². The minimum absolute atomic E-state index is 0.0198. The van der Waals surface area contributed by atoms with Gasteiger partial charge in [-0.15, -0.1) is 0 Å². The number of hydrogen-bond donors (Lipinski definition) is 1. The standard InChI is InChI=1S/C27H33N3O4S/c1-19-16-23-17-24(10-11-25(23)30(19)27(32)22-8-5-9-22)35(33,34)29-14-12-21(13-15-29)26(31)28-18-20-6-3-2-4-7-20/h2-4,6-7,10-11,17,19,21-22H,5,8-9,12-16,18H2,1H3,(H,28,31)/t19-/m1/s1. The van der Waals surface area contributed by atoms with Crippen LogP contribution >= 0.6 is 0 Å². The lowest BCUT2D eigenvalue weighted by Gasteiger charge is -2.32. The topological polar surface area (TPSA) is 86.8 Å². The van der Waals surface area contributed by atoms with Crippen LogP contribution in [0.25, 0.3) is 0 Å². The molecule has 7 nitrogen and oxygen atoms in total. The van der Waals surface area contributed by atoms with Gasteiger partial charge in [-0.1, -0.05) is 36.8 Å². The van der Waals surface area contributed by atoms with Gasteiger partial charge < -0.3 is 10.2 Å². The molecule has 2 fully saturated rings. The fourth-order valence-corrected chi connectivity index (χ4v) is 6.91. The SMILES string of the molecule is C[C@@H]1Cc2cc(S(=O)(=O)N3CCC(C(=O)NCc4ccccc4)CC3)ccc2N1C(=O)C1CCC1. The zero-order valence-electron chi connectivity index (χ0n) is 20.2. The highest BCUT2D eigenvalue weighted by atomic mass is 32.2. The summed E-state index contributed by atoms with van der Waals surface area (Å²) in [4.78, 5) is 27.7. The molecule has 2 heterocycles. The molecule has 0 aromatic heterocycles. The minimum Gasteiger partial charge on any atom is -0.352 e. The van der Waals surface area contributed by atoms with E-state index in [0.29, 0.717) is 38.9 Å². The average Bonchev–Trinajstić information content (AvgIpc) is 3.17. The largest absolute Gasteiger partial charge is 0.352 e. The molecule has 0 bridgehead atoms. The number of hydrogen-bond acceptors (Lipinski definition) is 4. The lowest BCUT2D eigenvalue weighted by atomic mass is 9.84. The summed E-state index contributed by atoms with van der Waals surface area (Å²) in [5.41, 5.74) is 2.81. The summed E-state index contributed by atoms with van der Waals surface area (Å²) in [5.74, 6) is 0.0782. The summed E-state index contributed by atoms with van der Waals surface area (Å²) in [6.07, 6.45) is 4.68. The van der Waals surface area contributed by atoms with Gasteiger partial charge in [0.15, 0.2) is 0 Å². The Balaban J connectivity index is 1.22. The van der Waals surface area contributed by atoms with Crippen LogP contribution in [0.3, 0.4) is 0 Å². The van der Waals surface area contributed by atoms with Gasteiger partial charge in [0.25, 0.3) is 0 Å². The Morgan fingerprint density at radius 1 is 0.971 bits per heavy atom. The molecule has 35 heavy (non-hydrogen) atoms. The molecule has 1 aliphatic carbocycles. The van der Waals surface area contributed by atoms with Crippen LogP contribution in [-0.4, -0.2) is 43.7 Å². The van der Waals surface area contributed by atoms with Crippen LogP contribution in [0.4, 0.5) is 5.69 Å². The van der Waals surface area contributed by atoms with Gasteiger partial charge >= 0.3 is 0 Å². The predicted molar refractivity (Wildman–Crippen MR) is 134 cm³/mol. The first-order chi connectivity index (χ1) is 16.8. The Kier molecular flexibility index (Phi) is 6.68. The zero-order chi connectivity index (χ0) is 24.6. The van der Waals surface area contributed by atoms with E-state index in [0.717, 1.165) is 36.1 Å². The molecule has 1 saturated carbocycles. The molecule has 8 heteroatoms. The number of rotatable bonds is 6. The number of fused-ring (bicyclic) bond motifs is 1. The van der Waals surface area contributed by atoms with E-state index >= 15 is 0 Å². The molecule has 1 saturated heterocycles. The smallest absolute Gasteiger partial charge is 0.243 e. The van der Waals surface area contributed by atoms with Gasteiger partial charge in [0, 0.05) is 43.2 Å². The summed E-state index contributed by atoms with van der Waals surface area (Å²) < 4.78 is 28.3. The van der Waals surface area contributed by atoms with Crippen molar-refractivity contribution in [2.45, 2.75) is 62.9 Å². The van der Waals surface area contributed by atoms with Crippen molar-refractivity contribution in [2.24, 2.45) is 11.8 Å². The highest BCUT2D eigenvalue weighted by molar-refractivity contribution is 7.89. The molecule has 3 aliphatic rings. The number of nitrogens with one attached hydrogen (secondary N) is 1. The first-order valence-electron chi connectivity index (χ1n) is 12.6. The van der Waals surface area contributed by atoms with Crippen LogP contribution < -0.4 is 10.2 Å². The maximum absolute atomic E-state index is 13.4. The number of amides is 2. The van der Waals surface area contributed by atoms with Gasteiger partial charge in [-0.05, 0) is 68.4 Å². The zero-order valence-corrected chi connectivity index (χ0v) is 21.0. The van der Waals surface area contributed by atoms with Crippen LogP contribution in [0.1, 0.15) is 50.2 Å². The second kappa shape index (κ2) is 9.74. The maximum Gasteiger partial charge on any atom is 0.243 e. The number of anilines is 1. The van der Waals surface area contributed by atoms with Gasteiger partial charge in [-0.2, -0.15) is 4.31 Å². The molecule has 1 atom stereocenters. The van der Waals surface area contributed by atoms with Crippen molar-refractivity contribution in [3.63, 3.8) is 0 Å². The van der Waals surface area contributed by atoms with Crippen molar-refractivity contribution in [2.75, 3.05) is 18.0 Å². The lowest BCUT2D eigenvalue weighted by Crippen LogP contribution is -2.43.